The molecule has 2 fully saturated rings. The molecule has 4 rings (SSSR count). The van der Waals surface area contributed by atoms with Gasteiger partial charge in [-0.05, 0) is 30.4 Å². The van der Waals surface area contributed by atoms with Gasteiger partial charge in [-0.1, -0.05) is 73.5 Å². The van der Waals surface area contributed by atoms with Gasteiger partial charge in [0, 0.05) is 25.2 Å². The van der Waals surface area contributed by atoms with Gasteiger partial charge in [0.2, 0.25) is 0 Å². The normalized spacial score (nSPS) is 25.1. The number of aryl methyl sites for hydroxylation is 1. The van der Waals surface area contributed by atoms with Gasteiger partial charge in [0.1, 0.15) is 6.10 Å². The third-order valence-corrected chi connectivity index (χ3v) is 7.73. The Kier molecular flexibility index (Phi) is 9.14. The molecule has 0 spiro atoms. The van der Waals surface area contributed by atoms with Gasteiger partial charge in [0.25, 0.3) is 0 Å². The Labute approximate surface area is 209 Å². The molecule has 0 amide bonds. The number of benzene rings is 2. The van der Waals surface area contributed by atoms with E-state index >= 15 is 0 Å². The fourth-order valence-electron chi connectivity index (χ4n) is 5.62. The van der Waals surface area contributed by atoms with Crippen LogP contribution in [0.5, 0.6) is 0 Å². The maximum absolute atomic E-state index is 13.3. The van der Waals surface area contributed by atoms with E-state index in [1.165, 1.54) is 12.0 Å². The summed E-state index contributed by atoms with van der Waals surface area (Å²) < 4.78 is 7.03. The van der Waals surface area contributed by atoms with Crippen LogP contribution in [0.4, 0.5) is 0 Å². The third kappa shape index (κ3) is 6.26. The number of rotatable bonds is 8. The number of esters is 1. The summed E-state index contributed by atoms with van der Waals surface area (Å²) in [4.78, 5) is 13.3. The molecule has 180 valence electrons. The van der Waals surface area contributed by atoms with Crippen molar-refractivity contribution in [2.45, 2.75) is 63.1 Å². The van der Waals surface area contributed by atoms with Crippen molar-refractivity contribution < 1.29 is 36.1 Å². The molecule has 1 aliphatic heterocycles. The molecule has 1 heterocycles. The second-order valence-electron chi connectivity index (χ2n) is 10.1. The molecule has 2 aromatic carbocycles. The van der Waals surface area contributed by atoms with Crippen LogP contribution in [0, 0.1) is 5.92 Å². The van der Waals surface area contributed by atoms with Crippen LogP contribution >= 0.6 is 0 Å². The van der Waals surface area contributed by atoms with Crippen LogP contribution in [0.25, 0.3) is 0 Å². The zero-order valence-corrected chi connectivity index (χ0v) is 21.4. The van der Waals surface area contributed by atoms with E-state index in [1.807, 2.05) is 30.3 Å². The van der Waals surface area contributed by atoms with Gasteiger partial charge in [-0.2, -0.15) is 0 Å². The van der Waals surface area contributed by atoms with Crippen LogP contribution in [-0.4, -0.2) is 48.3 Å². The molecule has 2 aliphatic rings. The SMILES string of the molecule is C[N+]1(CCCc2ccccc2)CCC(OC(=O)[C@](O)(c2ccccc2)C2CCCC2)CC1.[Br-]. The average molecular weight is 517 g/mol. The van der Waals surface area contributed by atoms with Crippen LogP contribution < -0.4 is 17.0 Å². The average Bonchev–Trinajstić information content (AvgIpc) is 3.37. The van der Waals surface area contributed by atoms with E-state index in [2.05, 4.69) is 37.4 Å². The van der Waals surface area contributed by atoms with Crippen molar-refractivity contribution >= 4 is 5.97 Å². The number of halogens is 1. The van der Waals surface area contributed by atoms with Crippen LogP contribution in [0.2, 0.25) is 0 Å². The van der Waals surface area contributed by atoms with Crippen molar-refractivity contribution in [3.63, 3.8) is 0 Å². The van der Waals surface area contributed by atoms with Crippen molar-refractivity contribution in [2.75, 3.05) is 26.7 Å². The third-order valence-electron chi connectivity index (χ3n) is 7.73. The summed E-state index contributed by atoms with van der Waals surface area (Å²) in [6, 6.07) is 20.1. The molecule has 0 radical (unpaired) electrons. The van der Waals surface area contributed by atoms with Crippen molar-refractivity contribution in [3.05, 3.63) is 71.8 Å². The van der Waals surface area contributed by atoms with Crippen molar-refractivity contribution in [2.24, 2.45) is 5.92 Å². The molecule has 1 saturated heterocycles. The first-order chi connectivity index (χ1) is 15.5. The first-order valence-electron chi connectivity index (χ1n) is 12.4. The molecule has 5 heteroatoms. The van der Waals surface area contributed by atoms with Gasteiger partial charge in [-0.15, -0.1) is 0 Å². The lowest BCUT2D eigenvalue weighted by atomic mass is 9.80. The maximum Gasteiger partial charge on any atom is 0.343 e. The molecule has 1 saturated carbocycles. The predicted molar refractivity (Wildman–Crippen MR) is 127 cm³/mol. The summed E-state index contributed by atoms with van der Waals surface area (Å²) in [5.41, 5.74) is 0.549. The number of hydrogen-bond donors (Lipinski definition) is 1. The second-order valence-corrected chi connectivity index (χ2v) is 10.1. The first-order valence-corrected chi connectivity index (χ1v) is 12.4. The van der Waals surface area contributed by atoms with Gasteiger partial charge in [0.05, 0.1) is 26.7 Å². The monoisotopic (exact) mass is 515 g/mol. The lowest BCUT2D eigenvalue weighted by molar-refractivity contribution is -0.915. The quantitative estimate of drug-likeness (QED) is 0.431. The highest BCUT2D eigenvalue weighted by molar-refractivity contribution is 5.81. The van der Waals surface area contributed by atoms with Gasteiger partial charge in [0.15, 0.2) is 5.60 Å². The topological polar surface area (TPSA) is 46.5 Å². The Morgan fingerprint density at radius 2 is 1.55 bits per heavy atom. The minimum atomic E-state index is -1.52. The van der Waals surface area contributed by atoms with Crippen molar-refractivity contribution in [1.29, 1.82) is 0 Å². The molecule has 0 bridgehead atoms. The fraction of sp³-hybridized carbons (Fsp3) is 0.536. The van der Waals surface area contributed by atoms with E-state index < -0.39 is 11.6 Å². The number of ether oxygens (including phenoxy) is 1. The molecular formula is C28H38BrNO3. The molecule has 1 atom stereocenters. The lowest BCUT2D eigenvalue weighted by Gasteiger charge is -2.41. The maximum atomic E-state index is 13.3. The van der Waals surface area contributed by atoms with Gasteiger partial charge in [-0.25, -0.2) is 4.79 Å². The van der Waals surface area contributed by atoms with E-state index in [0.717, 1.165) is 69.1 Å². The van der Waals surface area contributed by atoms with E-state index in [0.29, 0.717) is 5.56 Å². The van der Waals surface area contributed by atoms with Crippen LogP contribution in [0.1, 0.15) is 56.1 Å². The summed E-state index contributed by atoms with van der Waals surface area (Å²) in [6.45, 7) is 3.17. The zero-order chi connectivity index (χ0) is 22.4. The number of carbonyl (C=O) groups excluding carboxylic acids is 1. The fourth-order valence-corrected chi connectivity index (χ4v) is 5.62. The van der Waals surface area contributed by atoms with E-state index in [-0.39, 0.29) is 29.0 Å². The molecule has 1 N–H and O–H groups in total. The molecular weight excluding hydrogens is 478 g/mol. The highest BCUT2D eigenvalue weighted by atomic mass is 79.9. The summed E-state index contributed by atoms with van der Waals surface area (Å²) >= 11 is 0. The number of hydrogen-bond acceptors (Lipinski definition) is 3. The Bertz CT molecular complexity index is 861. The van der Waals surface area contributed by atoms with Crippen LogP contribution in [0.3, 0.4) is 0 Å². The number of carbonyl (C=O) groups is 1. The minimum absolute atomic E-state index is 0. The number of aliphatic hydroxyl groups is 1. The number of quaternary nitrogens is 1. The minimum Gasteiger partial charge on any atom is -1.00 e. The molecule has 1 aliphatic carbocycles. The Morgan fingerprint density at radius 1 is 0.970 bits per heavy atom. The summed E-state index contributed by atoms with van der Waals surface area (Å²) in [6.07, 6.45) is 7.79. The van der Waals surface area contributed by atoms with Gasteiger partial charge < -0.3 is 31.3 Å². The highest BCUT2D eigenvalue weighted by Crippen LogP contribution is 2.42. The number of likely N-dealkylation sites (tertiary alicyclic amines) is 1. The number of piperidine rings is 1. The number of nitrogens with zero attached hydrogens (tertiary/aromatic N) is 1. The lowest BCUT2D eigenvalue weighted by Crippen LogP contribution is -3.00. The molecule has 33 heavy (non-hydrogen) atoms. The van der Waals surface area contributed by atoms with Crippen molar-refractivity contribution in [3.8, 4) is 0 Å². The first kappa shape index (κ1) is 25.9. The molecule has 0 unspecified atom stereocenters. The van der Waals surface area contributed by atoms with Gasteiger partial charge in [-0.3, -0.25) is 0 Å². The smallest absolute Gasteiger partial charge is 0.343 e. The summed E-state index contributed by atoms with van der Waals surface area (Å²) in [5, 5.41) is 11.6. The molecule has 2 aromatic rings. The Hall–Kier alpha value is -1.69. The Balaban J connectivity index is 0.00000306. The standard InChI is InChI=1S/C28H38NO3.BrH/c1-29(20-10-13-23-11-4-2-5-12-23)21-18-26(19-22-29)32-27(30)28(31,25-16-8-9-17-25)24-14-6-3-7-15-24;/h2-7,11-12,14-15,25-26,31H,8-10,13,16-22H2,1H3;1H/q+1;/p-1/t26?,28-,29?;/m0./s1. The second kappa shape index (κ2) is 11.6. The van der Waals surface area contributed by atoms with E-state index in [4.69, 9.17) is 4.74 Å². The van der Waals surface area contributed by atoms with Crippen LogP contribution in [0.15, 0.2) is 60.7 Å². The largest absolute Gasteiger partial charge is 1.00 e. The summed E-state index contributed by atoms with van der Waals surface area (Å²) in [7, 11) is 2.32. The predicted octanol–water partition coefficient (Wildman–Crippen LogP) is 1.85. The zero-order valence-electron chi connectivity index (χ0n) is 19.8. The summed E-state index contributed by atoms with van der Waals surface area (Å²) in [5.74, 6) is -0.499. The van der Waals surface area contributed by atoms with E-state index in [9.17, 15) is 9.90 Å². The molecule has 4 nitrogen and oxygen atoms in total. The van der Waals surface area contributed by atoms with Crippen LogP contribution in [-0.2, 0) is 21.6 Å². The molecule has 0 aromatic heterocycles. The van der Waals surface area contributed by atoms with Gasteiger partial charge >= 0.3 is 5.97 Å². The van der Waals surface area contributed by atoms with E-state index in [1.54, 1.807) is 0 Å². The van der Waals surface area contributed by atoms with Crippen molar-refractivity contribution in [1.82, 2.24) is 0 Å². The Morgan fingerprint density at radius 3 is 2.15 bits per heavy atom. The highest BCUT2D eigenvalue weighted by Gasteiger charge is 2.49.